The number of benzene rings is 2. The molecule has 2 rings (SSSR count). The first-order valence-electron chi connectivity index (χ1n) is 6.64. The molecule has 0 spiro atoms. The van der Waals surface area contributed by atoms with Crippen molar-refractivity contribution in [3.63, 3.8) is 0 Å². The molecule has 2 aromatic rings. The van der Waals surface area contributed by atoms with E-state index in [9.17, 15) is 4.39 Å². The van der Waals surface area contributed by atoms with Crippen LogP contribution in [0.3, 0.4) is 0 Å². The minimum absolute atomic E-state index is 0.182. The van der Waals surface area contributed by atoms with Gasteiger partial charge in [0, 0.05) is 9.80 Å². The van der Waals surface area contributed by atoms with E-state index in [1.54, 1.807) is 6.07 Å². The Morgan fingerprint density at radius 1 is 1.10 bits per heavy atom. The van der Waals surface area contributed by atoms with Gasteiger partial charge in [-0.25, -0.2) is 4.39 Å². The topological polar surface area (TPSA) is 0 Å². The molecule has 0 amide bonds. The predicted molar refractivity (Wildman–Crippen MR) is 90.0 cm³/mol. The van der Waals surface area contributed by atoms with E-state index in [4.69, 9.17) is 0 Å². The highest BCUT2D eigenvalue weighted by Gasteiger charge is 2.12. The Bertz CT molecular complexity index is 561. The molecular formula is C17H17Br2F. The lowest BCUT2D eigenvalue weighted by Crippen LogP contribution is -2.11. The van der Waals surface area contributed by atoms with Gasteiger partial charge in [-0.15, -0.1) is 0 Å². The van der Waals surface area contributed by atoms with Crippen LogP contribution in [0.15, 0.2) is 46.9 Å². The van der Waals surface area contributed by atoms with Crippen molar-refractivity contribution in [2.75, 3.05) is 5.33 Å². The van der Waals surface area contributed by atoms with Gasteiger partial charge in [0.1, 0.15) is 5.82 Å². The summed E-state index contributed by atoms with van der Waals surface area (Å²) >= 11 is 6.94. The number of aryl methyl sites for hydroxylation is 1. The van der Waals surface area contributed by atoms with Crippen molar-refractivity contribution in [1.29, 1.82) is 0 Å². The lowest BCUT2D eigenvalue weighted by atomic mass is 9.92. The second-order valence-electron chi connectivity index (χ2n) is 5.13. The molecule has 106 valence electrons. The number of halogens is 3. The maximum Gasteiger partial charge on any atom is 0.124 e. The zero-order valence-corrected chi connectivity index (χ0v) is 14.5. The van der Waals surface area contributed by atoms with E-state index in [1.807, 2.05) is 6.07 Å². The molecule has 0 radical (unpaired) electrons. The van der Waals surface area contributed by atoms with Gasteiger partial charge in [-0.3, -0.25) is 0 Å². The average Bonchev–Trinajstić information content (AvgIpc) is 2.39. The molecule has 0 fully saturated rings. The summed E-state index contributed by atoms with van der Waals surface area (Å²) < 4.78 is 14.2. The molecule has 0 nitrogen and oxygen atoms in total. The van der Waals surface area contributed by atoms with Gasteiger partial charge < -0.3 is 0 Å². The highest BCUT2D eigenvalue weighted by Crippen LogP contribution is 2.22. The van der Waals surface area contributed by atoms with Crippen LogP contribution in [0.1, 0.15) is 16.7 Å². The van der Waals surface area contributed by atoms with Gasteiger partial charge in [-0.05, 0) is 60.6 Å². The number of hydrogen-bond donors (Lipinski definition) is 0. The Labute approximate surface area is 136 Å². The molecule has 1 unspecified atom stereocenters. The van der Waals surface area contributed by atoms with Gasteiger partial charge in [-0.1, -0.05) is 56.1 Å². The zero-order valence-electron chi connectivity index (χ0n) is 11.4. The van der Waals surface area contributed by atoms with Crippen LogP contribution in [-0.4, -0.2) is 5.33 Å². The molecule has 1 atom stereocenters. The Morgan fingerprint density at radius 3 is 2.50 bits per heavy atom. The van der Waals surface area contributed by atoms with Crippen LogP contribution in [0.25, 0.3) is 0 Å². The molecule has 0 N–H and O–H groups in total. The monoisotopic (exact) mass is 398 g/mol. The first kappa shape index (κ1) is 15.7. The van der Waals surface area contributed by atoms with Crippen LogP contribution in [0.5, 0.6) is 0 Å². The summed E-state index contributed by atoms with van der Waals surface area (Å²) in [4.78, 5) is 0. The minimum Gasteiger partial charge on any atom is -0.207 e. The molecule has 0 aliphatic heterocycles. The first-order valence-corrected chi connectivity index (χ1v) is 8.55. The summed E-state index contributed by atoms with van der Waals surface area (Å²) in [6.45, 7) is 2.14. The summed E-state index contributed by atoms with van der Waals surface area (Å²) in [5.74, 6) is 0.281. The first-order chi connectivity index (χ1) is 9.58. The fourth-order valence-corrected chi connectivity index (χ4v) is 3.36. The SMILES string of the molecule is Cc1ccccc1CC(CBr)Cc1cc(F)cc(Br)c1. The van der Waals surface area contributed by atoms with Crippen LogP contribution < -0.4 is 0 Å². The van der Waals surface area contributed by atoms with E-state index in [0.717, 1.165) is 28.2 Å². The summed E-state index contributed by atoms with van der Waals surface area (Å²) in [6, 6.07) is 13.6. The quantitative estimate of drug-likeness (QED) is 0.566. The third-order valence-corrected chi connectivity index (χ3v) is 4.81. The van der Waals surface area contributed by atoms with Crippen LogP contribution in [0.2, 0.25) is 0 Å². The fourth-order valence-electron chi connectivity index (χ4n) is 2.39. The van der Waals surface area contributed by atoms with Crippen molar-refractivity contribution < 1.29 is 4.39 Å². The predicted octanol–water partition coefficient (Wildman–Crippen LogP) is 5.69. The van der Waals surface area contributed by atoms with Gasteiger partial charge in [0.15, 0.2) is 0 Å². The van der Waals surface area contributed by atoms with Gasteiger partial charge >= 0.3 is 0 Å². The minimum atomic E-state index is -0.182. The van der Waals surface area contributed by atoms with Crippen molar-refractivity contribution in [2.24, 2.45) is 5.92 Å². The number of hydrogen-bond acceptors (Lipinski definition) is 0. The van der Waals surface area contributed by atoms with E-state index in [1.165, 1.54) is 17.2 Å². The van der Waals surface area contributed by atoms with E-state index in [0.29, 0.717) is 5.92 Å². The van der Waals surface area contributed by atoms with Gasteiger partial charge in [0.25, 0.3) is 0 Å². The van der Waals surface area contributed by atoms with Crippen molar-refractivity contribution >= 4 is 31.9 Å². The molecule has 0 aromatic heterocycles. The Morgan fingerprint density at radius 2 is 1.85 bits per heavy atom. The molecule has 0 bridgehead atoms. The fraction of sp³-hybridized carbons (Fsp3) is 0.294. The maximum absolute atomic E-state index is 13.4. The molecule has 0 heterocycles. The summed E-state index contributed by atoms with van der Waals surface area (Å²) in [7, 11) is 0. The van der Waals surface area contributed by atoms with Crippen LogP contribution in [0, 0.1) is 18.7 Å². The molecular weight excluding hydrogens is 383 g/mol. The van der Waals surface area contributed by atoms with Crippen LogP contribution >= 0.6 is 31.9 Å². The largest absolute Gasteiger partial charge is 0.207 e. The highest BCUT2D eigenvalue weighted by atomic mass is 79.9. The van der Waals surface area contributed by atoms with E-state index < -0.39 is 0 Å². The third-order valence-electron chi connectivity index (χ3n) is 3.43. The molecule has 3 heteroatoms. The molecule has 0 saturated carbocycles. The zero-order chi connectivity index (χ0) is 14.5. The van der Waals surface area contributed by atoms with Crippen molar-refractivity contribution in [3.05, 3.63) is 69.4 Å². The molecule has 0 aliphatic rings. The normalized spacial score (nSPS) is 12.4. The van der Waals surface area contributed by atoms with Gasteiger partial charge in [-0.2, -0.15) is 0 Å². The molecule has 2 aromatic carbocycles. The lowest BCUT2D eigenvalue weighted by molar-refractivity contribution is 0.581. The van der Waals surface area contributed by atoms with Gasteiger partial charge in [0.05, 0.1) is 0 Å². The van der Waals surface area contributed by atoms with Crippen molar-refractivity contribution in [3.8, 4) is 0 Å². The third kappa shape index (κ3) is 4.42. The average molecular weight is 400 g/mol. The molecule has 20 heavy (non-hydrogen) atoms. The van der Waals surface area contributed by atoms with Crippen molar-refractivity contribution in [1.82, 2.24) is 0 Å². The second kappa shape index (κ2) is 7.37. The van der Waals surface area contributed by atoms with Crippen molar-refractivity contribution in [2.45, 2.75) is 19.8 Å². The van der Waals surface area contributed by atoms with Crippen LogP contribution in [0.4, 0.5) is 4.39 Å². The second-order valence-corrected chi connectivity index (χ2v) is 6.70. The number of alkyl halides is 1. The molecule has 0 saturated heterocycles. The number of rotatable bonds is 5. The van der Waals surface area contributed by atoms with E-state index >= 15 is 0 Å². The summed E-state index contributed by atoms with van der Waals surface area (Å²) in [6.07, 6.45) is 1.88. The van der Waals surface area contributed by atoms with Gasteiger partial charge in [0.2, 0.25) is 0 Å². The summed E-state index contributed by atoms with van der Waals surface area (Å²) in [5.41, 5.74) is 3.72. The smallest absolute Gasteiger partial charge is 0.124 e. The Balaban J connectivity index is 2.11. The summed E-state index contributed by atoms with van der Waals surface area (Å²) in [5, 5.41) is 0.912. The Kier molecular flexibility index (Phi) is 5.79. The molecule has 0 aliphatic carbocycles. The van der Waals surface area contributed by atoms with E-state index in [2.05, 4.69) is 63.0 Å². The maximum atomic E-state index is 13.4. The highest BCUT2D eigenvalue weighted by molar-refractivity contribution is 9.10. The standard InChI is InChI=1S/C17H17Br2F/c1-12-4-2-3-5-15(12)7-14(11-18)6-13-8-16(19)10-17(20)9-13/h2-5,8-10,14H,6-7,11H2,1H3. The van der Waals surface area contributed by atoms with E-state index in [-0.39, 0.29) is 5.82 Å². The van der Waals surface area contributed by atoms with Crippen LogP contribution in [-0.2, 0) is 12.8 Å². The lowest BCUT2D eigenvalue weighted by Gasteiger charge is -2.16. The Hall–Kier alpha value is -0.670.